The van der Waals surface area contributed by atoms with E-state index in [0.717, 1.165) is 0 Å². The van der Waals surface area contributed by atoms with Crippen molar-refractivity contribution in [1.82, 2.24) is 9.97 Å². The van der Waals surface area contributed by atoms with Gasteiger partial charge in [0.15, 0.2) is 5.82 Å². The highest BCUT2D eigenvalue weighted by molar-refractivity contribution is 5.87. The van der Waals surface area contributed by atoms with E-state index in [-0.39, 0.29) is 11.7 Å². The third kappa shape index (κ3) is 4.15. The average Bonchev–Trinajstić information content (AvgIpc) is 2.12. The van der Waals surface area contributed by atoms with Crippen LogP contribution in [0.25, 0.3) is 0 Å². The molecule has 13 heavy (non-hydrogen) atoms. The topological polar surface area (TPSA) is 54.9 Å². The second-order valence-electron chi connectivity index (χ2n) is 1.88. The summed E-state index contributed by atoms with van der Waals surface area (Å²) in [5.74, 6) is -1.29. The van der Waals surface area contributed by atoms with Crippen molar-refractivity contribution in [3.63, 3.8) is 0 Å². The average molecular weight is 185 g/mol. The Morgan fingerprint density at radius 1 is 1.38 bits per heavy atom. The number of amides is 1. The smallest absolute Gasteiger partial charge is 0.256 e. The molecule has 1 aromatic rings. The van der Waals surface area contributed by atoms with Crippen molar-refractivity contribution in [2.75, 3.05) is 5.32 Å². The van der Waals surface area contributed by atoms with Gasteiger partial charge in [-0.1, -0.05) is 13.8 Å². The first-order chi connectivity index (χ1) is 6.20. The van der Waals surface area contributed by atoms with Crippen LogP contribution in [0.3, 0.4) is 0 Å². The number of hydrogen-bond donors (Lipinski definition) is 1. The molecule has 1 amide bonds. The van der Waals surface area contributed by atoms with Gasteiger partial charge in [0.25, 0.3) is 5.95 Å². The molecule has 0 aliphatic heterocycles. The minimum atomic E-state index is -0.775. The molecule has 1 rings (SSSR count). The van der Waals surface area contributed by atoms with E-state index in [0.29, 0.717) is 0 Å². The molecule has 0 aromatic carbocycles. The van der Waals surface area contributed by atoms with E-state index in [2.05, 4.69) is 15.3 Å². The summed E-state index contributed by atoms with van der Waals surface area (Å²) in [6.07, 6.45) is 2.51. The highest BCUT2D eigenvalue weighted by Gasteiger charge is 2.03. The van der Waals surface area contributed by atoms with Crippen molar-refractivity contribution >= 4 is 11.7 Å². The molecule has 4 nitrogen and oxygen atoms in total. The number of nitrogens with zero attached hydrogens (tertiary/aromatic N) is 2. The van der Waals surface area contributed by atoms with Gasteiger partial charge < -0.3 is 5.32 Å². The van der Waals surface area contributed by atoms with Crippen molar-refractivity contribution in [3.8, 4) is 0 Å². The molecule has 0 spiro atoms. The number of aromatic nitrogens is 2. The van der Waals surface area contributed by atoms with Gasteiger partial charge in [0, 0.05) is 19.3 Å². The van der Waals surface area contributed by atoms with E-state index in [1.807, 2.05) is 13.8 Å². The molecule has 72 valence electrons. The Hall–Kier alpha value is -1.52. The predicted molar refractivity (Wildman–Crippen MR) is 47.6 cm³/mol. The van der Waals surface area contributed by atoms with Gasteiger partial charge in [-0.3, -0.25) is 4.79 Å². The molecule has 1 heterocycles. The van der Waals surface area contributed by atoms with Gasteiger partial charge in [0.05, 0.1) is 0 Å². The standard InChI is InChI=1S/C6H6FN3O.C2H6/c1-4(11)10-6-5(7)8-2-3-9-6;1-2/h2-3H,1H3,(H,9,10,11);1-2H3. The predicted octanol–water partition coefficient (Wildman–Crippen LogP) is 1.60. The molecule has 0 radical (unpaired) electrons. The number of rotatable bonds is 1. The van der Waals surface area contributed by atoms with Crippen LogP contribution in [0.1, 0.15) is 20.8 Å². The Morgan fingerprint density at radius 3 is 2.38 bits per heavy atom. The number of nitrogens with one attached hydrogen (secondary N) is 1. The molecule has 1 aromatic heterocycles. The van der Waals surface area contributed by atoms with Crippen molar-refractivity contribution in [1.29, 1.82) is 0 Å². The molecule has 0 bridgehead atoms. The molecule has 5 heteroatoms. The highest BCUT2D eigenvalue weighted by atomic mass is 19.1. The minimum absolute atomic E-state index is 0.139. The lowest BCUT2D eigenvalue weighted by Gasteiger charge is -1.98. The number of halogens is 1. The maximum atomic E-state index is 12.6. The van der Waals surface area contributed by atoms with Crippen LogP contribution in [0.5, 0.6) is 0 Å². The summed E-state index contributed by atoms with van der Waals surface area (Å²) in [7, 11) is 0. The summed E-state index contributed by atoms with van der Waals surface area (Å²) in [5.41, 5.74) is 0. The summed E-state index contributed by atoms with van der Waals surface area (Å²) in [4.78, 5) is 17.3. The monoisotopic (exact) mass is 185 g/mol. The van der Waals surface area contributed by atoms with Crippen LogP contribution in [0.4, 0.5) is 10.2 Å². The lowest BCUT2D eigenvalue weighted by molar-refractivity contribution is -0.114. The summed E-state index contributed by atoms with van der Waals surface area (Å²) in [6, 6.07) is 0. The highest BCUT2D eigenvalue weighted by Crippen LogP contribution is 2.03. The molecule has 0 aliphatic carbocycles. The van der Waals surface area contributed by atoms with Crippen LogP contribution >= 0.6 is 0 Å². The van der Waals surface area contributed by atoms with Crippen LogP contribution < -0.4 is 5.32 Å². The third-order valence-electron chi connectivity index (χ3n) is 0.948. The molecular formula is C8H12FN3O. The van der Waals surface area contributed by atoms with Gasteiger partial charge in [-0.25, -0.2) is 9.97 Å². The van der Waals surface area contributed by atoms with E-state index >= 15 is 0 Å². The molecule has 0 saturated heterocycles. The van der Waals surface area contributed by atoms with E-state index in [4.69, 9.17) is 0 Å². The van der Waals surface area contributed by atoms with Crippen molar-refractivity contribution in [2.45, 2.75) is 20.8 Å². The molecule has 0 atom stereocenters. The number of carbonyl (C=O) groups excluding carboxylic acids is 1. The molecule has 0 unspecified atom stereocenters. The van der Waals surface area contributed by atoms with E-state index in [1.165, 1.54) is 19.3 Å². The van der Waals surface area contributed by atoms with Crippen LogP contribution in [0.15, 0.2) is 12.4 Å². The van der Waals surface area contributed by atoms with Gasteiger partial charge in [0.2, 0.25) is 5.91 Å². The van der Waals surface area contributed by atoms with Crippen LogP contribution in [0.2, 0.25) is 0 Å². The Kier molecular flexibility index (Phi) is 5.34. The Labute approximate surface area is 76.2 Å². The fourth-order valence-electron chi connectivity index (χ4n) is 0.572. The molecule has 0 fully saturated rings. The summed E-state index contributed by atoms with van der Waals surface area (Å²) >= 11 is 0. The largest absolute Gasteiger partial charge is 0.307 e. The number of hydrogen-bond acceptors (Lipinski definition) is 3. The van der Waals surface area contributed by atoms with Crippen molar-refractivity contribution < 1.29 is 9.18 Å². The zero-order valence-corrected chi connectivity index (χ0v) is 7.84. The van der Waals surface area contributed by atoms with Crippen molar-refractivity contribution in [2.24, 2.45) is 0 Å². The van der Waals surface area contributed by atoms with Gasteiger partial charge in [-0.15, -0.1) is 0 Å². The Morgan fingerprint density at radius 2 is 1.92 bits per heavy atom. The normalized spacial score (nSPS) is 8.31. The fourth-order valence-corrected chi connectivity index (χ4v) is 0.572. The minimum Gasteiger partial charge on any atom is -0.307 e. The molecule has 0 saturated carbocycles. The second kappa shape index (κ2) is 6.05. The lowest BCUT2D eigenvalue weighted by atomic mass is 10.6. The van der Waals surface area contributed by atoms with Crippen LogP contribution in [-0.2, 0) is 4.79 Å². The molecule has 0 aliphatic rings. The van der Waals surface area contributed by atoms with E-state index in [9.17, 15) is 9.18 Å². The van der Waals surface area contributed by atoms with Crippen LogP contribution in [0, 0.1) is 5.95 Å². The van der Waals surface area contributed by atoms with Gasteiger partial charge in [0.1, 0.15) is 0 Å². The maximum absolute atomic E-state index is 12.6. The first kappa shape index (κ1) is 11.5. The Balaban J connectivity index is 0.000000671. The van der Waals surface area contributed by atoms with Crippen LogP contribution in [-0.4, -0.2) is 15.9 Å². The maximum Gasteiger partial charge on any atom is 0.256 e. The van der Waals surface area contributed by atoms with E-state index in [1.54, 1.807) is 0 Å². The zero-order chi connectivity index (χ0) is 10.3. The van der Waals surface area contributed by atoms with E-state index < -0.39 is 5.95 Å². The quantitative estimate of drug-likeness (QED) is 0.723. The molecular weight excluding hydrogens is 173 g/mol. The van der Waals surface area contributed by atoms with Gasteiger partial charge in [-0.2, -0.15) is 4.39 Å². The number of anilines is 1. The lowest BCUT2D eigenvalue weighted by Crippen LogP contribution is -2.09. The fraction of sp³-hybridized carbons (Fsp3) is 0.375. The van der Waals surface area contributed by atoms with Gasteiger partial charge >= 0.3 is 0 Å². The second-order valence-corrected chi connectivity index (χ2v) is 1.88. The SMILES string of the molecule is CC.CC(=O)Nc1nccnc1F. The first-order valence-corrected chi connectivity index (χ1v) is 3.94. The summed E-state index contributed by atoms with van der Waals surface area (Å²) < 4.78 is 12.6. The summed E-state index contributed by atoms with van der Waals surface area (Å²) in [6.45, 7) is 5.27. The molecule has 1 N–H and O–H groups in total. The van der Waals surface area contributed by atoms with Gasteiger partial charge in [-0.05, 0) is 0 Å². The number of carbonyl (C=O) groups is 1. The van der Waals surface area contributed by atoms with Crippen molar-refractivity contribution in [3.05, 3.63) is 18.3 Å². The third-order valence-corrected chi connectivity index (χ3v) is 0.948. The Bertz CT molecular complexity index is 278. The summed E-state index contributed by atoms with van der Waals surface area (Å²) in [5, 5.41) is 2.19. The zero-order valence-electron chi connectivity index (χ0n) is 7.84. The first-order valence-electron chi connectivity index (χ1n) is 3.94.